The van der Waals surface area contributed by atoms with Crippen LogP contribution < -0.4 is 11.5 Å². The van der Waals surface area contributed by atoms with Gasteiger partial charge in [0.1, 0.15) is 23.6 Å². The predicted molar refractivity (Wildman–Crippen MR) is 128 cm³/mol. The number of nitrogen functional groups attached to an aromatic ring is 2. The van der Waals surface area contributed by atoms with Gasteiger partial charge >= 0.3 is 0 Å². The predicted octanol–water partition coefficient (Wildman–Crippen LogP) is 5.02. The van der Waals surface area contributed by atoms with Crippen molar-refractivity contribution in [2.75, 3.05) is 11.5 Å². The zero-order valence-corrected chi connectivity index (χ0v) is 18.0. The lowest BCUT2D eigenvalue weighted by Crippen LogP contribution is -2.06. The van der Waals surface area contributed by atoms with Gasteiger partial charge in [0.05, 0.1) is 15.9 Å². The third kappa shape index (κ3) is 4.14. The van der Waals surface area contributed by atoms with Crippen LogP contribution in [0.25, 0.3) is 21.9 Å². The van der Waals surface area contributed by atoms with Gasteiger partial charge < -0.3 is 16.0 Å². The van der Waals surface area contributed by atoms with E-state index in [1.165, 1.54) is 31.2 Å². The molecule has 6 nitrogen and oxygen atoms in total. The number of nitrogens with two attached hydrogens (primary N) is 2. The van der Waals surface area contributed by atoms with Crippen LogP contribution in [0.4, 0.5) is 11.6 Å². The summed E-state index contributed by atoms with van der Waals surface area (Å²) in [5.74, 6) is 1.64. The number of rotatable bonds is 4. The Morgan fingerprint density at radius 3 is 2.74 bits per heavy atom. The van der Waals surface area contributed by atoms with E-state index < -0.39 is 0 Å². The molecule has 3 aromatic heterocycles. The molecule has 0 aliphatic heterocycles. The van der Waals surface area contributed by atoms with E-state index in [-0.39, 0.29) is 0 Å². The molecule has 0 spiro atoms. The Labute approximate surface area is 186 Å². The highest BCUT2D eigenvalue weighted by atomic mass is 35.5. The van der Waals surface area contributed by atoms with Crippen LogP contribution in [-0.2, 0) is 6.42 Å². The number of hydrogen-bond acceptors (Lipinski definition) is 5. The van der Waals surface area contributed by atoms with Gasteiger partial charge in [0.2, 0.25) is 0 Å². The zero-order valence-electron chi connectivity index (χ0n) is 17.2. The SMILES string of the molecule is C#C.Nc1nc2cc(CCC3CCC(n4ccc5c(N)ncnc54)C3)ccc2cc1Cl. The second kappa shape index (κ2) is 8.83. The molecule has 1 saturated carbocycles. The van der Waals surface area contributed by atoms with E-state index in [0.717, 1.165) is 28.4 Å². The molecule has 0 saturated heterocycles. The van der Waals surface area contributed by atoms with Crippen molar-refractivity contribution in [3.63, 3.8) is 0 Å². The van der Waals surface area contributed by atoms with Crippen molar-refractivity contribution in [2.45, 2.75) is 38.1 Å². The summed E-state index contributed by atoms with van der Waals surface area (Å²) in [6.45, 7) is 0. The van der Waals surface area contributed by atoms with Crippen molar-refractivity contribution in [1.29, 1.82) is 0 Å². The van der Waals surface area contributed by atoms with Crippen molar-refractivity contribution in [3.8, 4) is 12.8 Å². The monoisotopic (exact) mass is 432 g/mol. The molecule has 3 heterocycles. The van der Waals surface area contributed by atoms with Crippen molar-refractivity contribution >= 4 is 45.2 Å². The molecule has 4 N–H and O–H groups in total. The third-order valence-corrected chi connectivity index (χ3v) is 6.45. The molecule has 1 aromatic carbocycles. The fourth-order valence-corrected chi connectivity index (χ4v) is 4.74. The highest BCUT2D eigenvalue weighted by molar-refractivity contribution is 6.33. The van der Waals surface area contributed by atoms with Crippen LogP contribution in [0.2, 0.25) is 5.02 Å². The quantitative estimate of drug-likeness (QED) is 0.441. The van der Waals surface area contributed by atoms with E-state index in [1.807, 2.05) is 12.1 Å². The number of nitrogens with zero attached hydrogens (tertiary/aromatic N) is 4. The van der Waals surface area contributed by atoms with Gasteiger partial charge in [-0.1, -0.05) is 23.7 Å². The average Bonchev–Trinajstić information content (AvgIpc) is 3.42. The van der Waals surface area contributed by atoms with Crippen molar-refractivity contribution in [3.05, 3.63) is 53.4 Å². The van der Waals surface area contributed by atoms with E-state index in [0.29, 0.717) is 28.6 Å². The number of pyridine rings is 1. The molecule has 2 unspecified atom stereocenters. The molecular weight excluding hydrogens is 408 g/mol. The Hall–Kier alpha value is -3.30. The number of hydrogen-bond donors (Lipinski definition) is 2. The largest absolute Gasteiger partial charge is 0.383 e. The number of fused-ring (bicyclic) bond motifs is 2. The maximum atomic E-state index is 6.07. The second-order valence-electron chi connectivity index (χ2n) is 7.97. The van der Waals surface area contributed by atoms with E-state index >= 15 is 0 Å². The Morgan fingerprint density at radius 2 is 1.90 bits per heavy atom. The van der Waals surface area contributed by atoms with Gasteiger partial charge in [0.15, 0.2) is 0 Å². The molecular formula is C24H25ClN6. The van der Waals surface area contributed by atoms with Crippen LogP contribution in [0.1, 0.15) is 37.3 Å². The first-order valence-corrected chi connectivity index (χ1v) is 10.7. The third-order valence-electron chi connectivity index (χ3n) is 6.15. The standard InChI is InChI=1S/C22H23ClN6.C2H2/c23-18-11-15-5-3-14(10-19(15)28-21(18)25)2-1-13-4-6-16(9-13)29-8-7-17-20(24)26-12-27-22(17)29;1-2/h3,5,7-8,10-13,16H,1-2,4,6,9H2,(H2,25,28)(H2,24,26,27);1-2H. The van der Waals surface area contributed by atoms with Crippen LogP contribution in [0.5, 0.6) is 0 Å². The maximum Gasteiger partial charge on any atom is 0.145 e. The molecule has 0 amide bonds. The van der Waals surface area contributed by atoms with Crippen molar-refractivity contribution in [2.24, 2.45) is 5.92 Å². The van der Waals surface area contributed by atoms with Gasteiger partial charge in [0, 0.05) is 17.6 Å². The number of halogens is 1. The Bertz CT molecular complexity index is 1250. The molecule has 1 fully saturated rings. The molecule has 4 aromatic rings. The topological polar surface area (TPSA) is 95.6 Å². The van der Waals surface area contributed by atoms with Gasteiger partial charge in [-0.05, 0) is 61.8 Å². The summed E-state index contributed by atoms with van der Waals surface area (Å²) in [5, 5.41) is 2.47. The fourth-order valence-electron chi connectivity index (χ4n) is 4.58. The molecule has 5 rings (SSSR count). The second-order valence-corrected chi connectivity index (χ2v) is 8.38. The van der Waals surface area contributed by atoms with Crippen LogP contribution >= 0.6 is 11.6 Å². The summed E-state index contributed by atoms with van der Waals surface area (Å²) < 4.78 is 2.28. The minimum atomic E-state index is 0.387. The number of terminal acetylenes is 1. The average molecular weight is 433 g/mol. The number of aryl methyl sites for hydroxylation is 1. The van der Waals surface area contributed by atoms with Crippen LogP contribution in [-0.4, -0.2) is 19.5 Å². The highest BCUT2D eigenvalue weighted by Crippen LogP contribution is 2.39. The van der Waals surface area contributed by atoms with E-state index in [2.05, 4.69) is 56.8 Å². The van der Waals surface area contributed by atoms with Gasteiger partial charge in [0.25, 0.3) is 0 Å². The van der Waals surface area contributed by atoms with Crippen LogP contribution in [0, 0.1) is 18.8 Å². The minimum absolute atomic E-state index is 0.387. The van der Waals surface area contributed by atoms with Gasteiger partial charge in [-0.3, -0.25) is 0 Å². The molecule has 1 aliphatic carbocycles. The molecule has 0 radical (unpaired) electrons. The summed E-state index contributed by atoms with van der Waals surface area (Å²) in [4.78, 5) is 13.0. The Kier molecular flexibility index (Phi) is 5.97. The summed E-state index contributed by atoms with van der Waals surface area (Å²) in [6, 6.07) is 10.8. The lowest BCUT2D eigenvalue weighted by Gasteiger charge is -2.14. The lowest BCUT2D eigenvalue weighted by molar-refractivity contribution is 0.461. The minimum Gasteiger partial charge on any atom is -0.383 e. The summed E-state index contributed by atoms with van der Waals surface area (Å²) in [6.07, 6.45) is 17.4. The maximum absolute atomic E-state index is 6.07. The zero-order chi connectivity index (χ0) is 22.0. The first-order valence-electron chi connectivity index (χ1n) is 10.3. The molecule has 2 atom stereocenters. The van der Waals surface area contributed by atoms with Gasteiger partial charge in [-0.15, -0.1) is 12.8 Å². The first-order chi connectivity index (χ1) is 15.1. The summed E-state index contributed by atoms with van der Waals surface area (Å²) in [5.41, 5.74) is 15.0. The van der Waals surface area contributed by atoms with E-state index in [9.17, 15) is 0 Å². The molecule has 31 heavy (non-hydrogen) atoms. The Morgan fingerprint density at radius 1 is 1.06 bits per heavy atom. The number of anilines is 2. The molecule has 0 bridgehead atoms. The van der Waals surface area contributed by atoms with Crippen molar-refractivity contribution < 1.29 is 0 Å². The highest BCUT2D eigenvalue weighted by Gasteiger charge is 2.27. The molecule has 1 aliphatic rings. The van der Waals surface area contributed by atoms with Crippen molar-refractivity contribution in [1.82, 2.24) is 19.5 Å². The van der Waals surface area contributed by atoms with E-state index in [1.54, 1.807) is 6.33 Å². The first kappa shape index (κ1) is 21.0. The van der Waals surface area contributed by atoms with Gasteiger partial charge in [-0.2, -0.15) is 0 Å². The number of aromatic nitrogens is 4. The molecule has 158 valence electrons. The Balaban J connectivity index is 0.00000112. The van der Waals surface area contributed by atoms with Gasteiger partial charge in [-0.25, -0.2) is 15.0 Å². The normalized spacial score (nSPS) is 18.2. The number of benzene rings is 1. The fraction of sp³-hybridized carbons (Fsp3) is 0.292. The lowest BCUT2D eigenvalue weighted by atomic mass is 9.97. The molecule has 7 heteroatoms. The van der Waals surface area contributed by atoms with Crippen LogP contribution in [0.3, 0.4) is 0 Å². The van der Waals surface area contributed by atoms with E-state index in [4.69, 9.17) is 23.1 Å². The smallest absolute Gasteiger partial charge is 0.145 e. The summed E-state index contributed by atoms with van der Waals surface area (Å²) in [7, 11) is 0. The summed E-state index contributed by atoms with van der Waals surface area (Å²) >= 11 is 6.07. The van der Waals surface area contributed by atoms with Crippen LogP contribution in [0.15, 0.2) is 42.9 Å².